The molecule has 0 radical (unpaired) electrons. The Labute approximate surface area is 242 Å². The average Bonchev–Trinajstić information content (AvgIpc) is 2.98. The zero-order chi connectivity index (χ0) is 28.8. The van der Waals surface area contributed by atoms with Crippen LogP contribution in [-0.4, -0.2) is 58.4 Å². The number of rotatable bonds is 8. The second-order valence-corrected chi connectivity index (χ2v) is 10.5. The SMILES string of the molecule is O=C(N/N=C/c1ccc(OCC(=O)N2CCC(O)(Cc3ccccc3)CC2)c2ccccc12)c1ccc(O)c(Cl)c1. The van der Waals surface area contributed by atoms with Crippen LogP contribution in [0.1, 0.15) is 34.3 Å². The predicted molar refractivity (Wildman–Crippen MR) is 159 cm³/mol. The summed E-state index contributed by atoms with van der Waals surface area (Å²) in [6.07, 6.45) is 3.13. The van der Waals surface area contributed by atoms with Crippen molar-refractivity contribution < 1.29 is 24.5 Å². The molecule has 2 amide bonds. The van der Waals surface area contributed by atoms with Crippen LogP contribution in [0.4, 0.5) is 0 Å². The van der Waals surface area contributed by atoms with Crippen molar-refractivity contribution in [3.63, 3.8) is 0 Å². The number of ether oxygens (including phenoxy) is 1. The van der Waals surface area contributed by atoms with E-state index in [2.05, 4.69) is 10.5 Å². The second kappa shape index (κ2) is 12.4. The lowest BCUT2D eigenvalue weighted by atomic mass is 9.85. The Morgan fingerprint density at radius 1 is 0.976 bits per heavy atom. The molecule has 4 aromatic carbocycles. The fourth-order valence-electron chi connectivity index (χ4n) is 4.96. The smallest absolute Gasteiger partial charge is 0.271 e. The first-order valence-corrected chi connectivity index (χ1v) is 13.7. The maximum Gasteiger partial charge on any atom is 0.271 e. The zero-order valence-corrected chi connectivity index (χ0v) is 23.1. The van der Waals surface area contributed by atoms with Gasteiger partial charge in [-0.05, 0) is 54.1 Å². The summed E-state index contributed by atoms with van der Waals surface area (Å²) in [5.41, 5.74) is 3.74. The number of hydrogen-bond acceptors (Lipinski definition) is 6. The number of phenols is 1. The highest BCUT2D eigenvalue weighted by Gasteiger charge is 2.34. The minimum absolute atomic E-state index is 0.0755. The summed E-state index contributed by atoms with van der Waals surface area (Å²) in [5, 5.41) is 26.4. The largest absolute Gasteiger partial charge is 0.506 e. The van der Waals surface area contributed by atoms with Gasteiger partial charge in [0, 0.05) is 36.0 Å². The molecule has 4 aromatic rings. The second-order valence-electron chi connectivity index (χ2n) is 10.1. The van der Waals surface area contributed by atoms with Gasteiger partial charge in [-0.1, -0.05) is 66.2 Å². The van der Waals surface area contributed by atoms with Gasteiger partial charge < -0.3 is 19.8 Å². The van der Waals surface area contributed by atoms with E-state index in [-0.39, 0.29) is 28.8 Å². The number of hydrazone groups is 1. The number of benzene rings is 4. The molecule has 0 aliphatic carbocycles. The summed E-state index contributed by atoms with van der Waals surface area (Å²) in [5.74, 6) is -0.142. The number of aromatic hydroxyl groups is 1. The number of hydrogen-bond donors (Lipinski definition) is 3. The Hall–Kier alpha value is -4.40. The van der Waals surface area contributed by atoms with Gasteiger partial charge in [-0.3, -0.25) is 9.59 Å². The van der Waals surface area contributed by atoms with Gasteiger partial charge in [-0.2, -0.15) is 5.10 Å². The van der Waals surface area contributed by atoms with Crippen molar-refractivity contribution in [3.05, 3.63) is 107 Å². The predicted octanol–water partition coefficient (Wildman–Crippen LogP) is 4.94. The van der Waals surface area contributed by atoms with E-state index in [4.69, 9.17) is 16.3 Å². The molecule has 3 N–H and O–H groups in total. The summed E-state index contributed by atoms with van der Waals surface area (Å²) < 4.78 is 5.96. The molecule has 5 rings (SSSR count). The third-order valence-corrected chi connectivity index (χ3v) is 7.57. The molecular formula is C32H30ClN3O5. The summed E-state index contributed by atoms with van der Waals surface area (Å²) >= 11 is 5.88. The van der Waals surface area contributed by atoms with Crippen LogP contribution in [0.5, 0.6) is 11.5 Å². The molecule has 8 nitrogen and oxygen atoms in total. The van der Waals surface area contributed by atoms with Crippen molar-refractivity contribution in [1.29, 1.82) is 0 Å². The molecular weight excluding hydrogens is 542 g/mol. The fourth-order valence-corrected chi connectivity index (χ4v) is 5.14. The molecule has 1 aliphatic heterocycles. The molecule has 1 heterocycles. The molecule has 1 saturated heterocycles. The van der Waals surface area contributed by atoms with Crippen LogP contribution in [0, 0.1) is 0 Å². The van der Waals surface area contributed by atoms with Crippen LogP contribution in [0.25, 0.3) is 10.8 Å². The van der Waals surface area contributed by atoms with Crippen LogP contribution in [0.3, 0.4) is 0 Å². The van der Waals surface area contributed by atoms with Crippen molar-refractivity contribution >= 4 is 40.4 Å². The Morgan fingerprint density at radius 2 is 1.68 bits per heavy atom. The highest BCUT2D eigenvalue weighted by Crippen LogP contribution is 2.29. The van der Waals surface area contributed by atoms with Gasteiger partial charge in [0.05, 0.1) is 16.8 Å². The van der Waals surface area contributed by atoms with Crippen molar-refractivity contribution in [1.82, 2.24) is 10.3 Å². The first-order chi connectivity index (χ1) is 19.8. The number of nitrogens with one attached hydrogen (secondary N) is 1. The molecule has 41 heavy (non-hydrogen) atoms. The normalized spacial score (nSPS) is 14.7. The molecule has 0 saturated carbocycles. The monoisotopic (exact) mass is 571 g/mol. The number of carbonyl (C=O) groups excluding carboxylic acids is 2. The third kappa shape index (κ3) is 6.85. The van der Waals surface area contributed by atoms with Gasteiger partial charge in [-0.15, -0.1) is 0 Å². The number of nitrogens with zero attached hydrogens (tertiary/aromatic N) is 2. The van der Waals surface area contributed by atoms with E-state index in [1.807, 2.05) is 54.6 Å². The number of phenolic OH excluding ortho intramolecular Hbond substituents is 1. The number of halogens is 1. The van der Waals surface area contributed by atoms with Crippen LogP contribution >= 0.6 is 11.6 Å². The highest BCUT2D eigenvalue weighted by atomic mass is 35.5. The number of aliphatic hydroxyl groups is 1. The molecule has 0 atom stereocenters. The molecule has 0 aromatic heterocycles. The van der Waals surface area contributed by atoms with Crippen LogP contribution in [0.2, 0.25) is 5.02 Å². The number of fused-ring (bicyclic) bond motifs is 1. The Morgan fingerprint density at radius 3 is 2.41 bits per heavy atom. The highest BCUT2D eigenvalue weighted by molar-refractivity contribution is 6.32. The van der Waals surface area contributed by atoms with Crippen LogP contribution in [0.15, 0.2) is 90.0 Å². The van der Waals surface area contributed by atoms with Gasteiger partial charge >= 0.3 is 0 Å². The first kappa shape index (κ1) is 28.1. The Kier molecular flexibility index (Phi) is 8.52. The molecule has 0 bridgehead atoms. The molecule has 9 heteroatoms. The molecule has 1 fully saturated rings. The van der Waals surface area contributed by atoms with Crippen molar-refractivity contribution in [2.75, 3.05) is 19.7 Å². The van der Waals surface area contributed by atoms with E-state index in [1.165, 1.54) is 24.4 Å². The van der Waals surface area contributed by atoms with E-state index in [1.54, 1.807) is 17.0 Å². The summed E-state index contributed by atoms with van der Waals surface area (Å²) in [6.45, 7) is 0.841. The van der Waals surface area contributed by atoms with Gasteiger partial charge in [-0.25, -0.2) is 5.43 Å². The van der Waals surface area contributed by atoms with Gasteiger partial charge in [0.2, 0.25) is 0 Å². The quantitative estimate of drug-likeness (QED) is 0.205. The summed E-state index contributed by atoms with van der Waals surface area (Å²) in [7, 11) is 0. The first-order valence-electron chi connectivity index (χ1n) is 13.3. The number of piperidine rings is 1. The summed E-state index contributed by atoms with van der Waals surface area (Å²) in [4.78, 5) is 27.1. The van der Waals surface area contributed by atoms with Crippen LogP contribution < -0.4 is 10.2 Å². The molecule has 210 valence electrons. The van der Waals surface area contributed by atoms with Gasteiger partial charge in [0.15, 0.2) is 6.61 Å². The fraction of sp³-hybridized carbons (Fsp3) is 0.219. The number of carbonyl (C=O) groups is 2. The maximum absolute atomic E-state index is 12.9. The lowest BCUT2D eigenvalue weighted by Gasteiger charge is -2.38. The van der Waals surface area contributed by atoms with Gasteiger partial charge in [0.25, 0.3) is 11.8 Å². The molecule has 0 spiro atoms. The standard InChI is InChI=1S/C32H30ClN3O5/c33-27-18-23(10-12-28(27)37)31(39)35-34-20-24-11-13-29(26-9-5-4-8-25(24)26)41-21-30(38)36-16-14-32(40,15-17-36)19-22-6-2-1-3-7-22/h1-13,18,20,37,40H,14-17,19,21H2,(H,35,39)/b34-20+. The van der Waals surface area contributed by atoms with Gasteiger partial charge in [0.1, 0.15) is 11.5 Å². The van der Waals surface area contributed by atoms with Crippen molar-refractivity contribution in [3.8, 4) is 11.5 Å². The average molecular weight is 572 g/mol. The third-order valence-electron chi connectivity index (χ3n) is 7.27. The maximum atomic E-state index is 12.9. The van der Waals surface area contributed by atoms with Crippen LogP contribution in [-0.2, 0) is 11.2 Å². The lowest BCUT2D eigenvalue weighted by Crippen LogP contribution is -2.48. The summed E-state index contributed by atoms with van der Waals surface area (Å²) in [6, 6.07) is 25.2. The topological polar surface area (TPSA) is 111 Å². The number of amides is 2. The molecule has 1 aliphatic rings. The molecule has 0 unspecified atom stereocenters. The Bertz CT molecular complexity index is 1580. The zero-order valence-electron chi connectivity index (χ0n) is 22.3. The Balaban J connectivity index is 1.19. The van der Waals surface area contributed by atoms with E-state index in [9.17, 15) is 19.8 Å². The van der Waals surface area contributed by atoms with E-state index < -0.39 is 11.5 Å². The van der Waals surface area contributed by atoms with E-state index in [0.717, 1.165) is 21.9 Å². The van der Waals surface area contributed by atoms with Crippen molar-refractivity contribution in [2.45, 2.75) is 24.9 Å². The lowest BCUT2D eigenvalue weighted by molar-refractivity contribution is -0.137. The van der Waals surface area contributed by atoms with Crippen molar-refractivity contribution in [2.24, 2.45) is 5.10 Å². The number of likely N-dealkylation sites (tertiary alicyclic amines) is 1. The minimum Gasteiger partial charge on any atom is -0.506 e. The van der Waals surface area contributed by atoms with E-state index in [0.29, 0.717) is 38.1 Å². The minimum atomic E-state index is -0.816. The van der Waals surface area contributed by atoms with E-state index >= 15 is 0 Å².